The number of fused-ring (bicyclic) bond motifs is 1. The van der Waals surface area contributed by atoms with Gasteiger partial charge in [-0.15, -0.1) is 0 Å². The number of halogens is 1. The van der Waals surface area contributed by atoms with Crippen molar-refractivity contribution in [3.63, 3.8) is 0 Å². The molecule has 0 bridgehead atoms. The third kappa shape index (κ3) is 4.90. The molecule has 1 aromatic carbocycles. The average Bonchev–Trinajstić information content (AvgIpc) is 3.04. The van der Waals surface area contributed by atoms with Gasteiger partial charge in [-0.2, -0.15) is 17.8 Å². The molecule has 9 nitrogen and oxygen atoms in total. The largest absolute Gasteiger partial charge is 0.490 e. The van der Waals surface area contributed by atoms with Crippen molar-refractivity contribution in [1.82, 2.24) is 4.90 Å². The van der Waals surface area contributed by atoms with Crippen LogP contribution >= 0.6 is 39.6 Å². The highest BCUT2D eigenvalue weighted by Crippen LogP contribution is 2.39. The highest BCUT2D eigenvalue weighted by Gasteiger charge is 2.37. The Labute approximate surface area is 190 Å². The Hall–Kier alpha value is -1.83. The summed E-state index contributed by atoms with van der Waals surface area (Å²) in [5.74, 6) is 0.373. The molecule has 0 radical (unpaired) electrons. The quantitative estimate of drug-likeness (QED) is 0.335. The Morgan fingerprint density at radius 1 is 1.37 bits per heavy atom. The van der Waals surface area contributed by atoms with Crippen molar-refractivity contribution in [2.75, 3.05) is 18.6 Å². The molecular weight excluding hydrogens is 516 g/mol. The van der Waals surface area contributed by atoms with Gasteiger partial charge >= 0.3 is 10.1 Å². The maximum atomic E-state index is 12.5. The van der Waals surface area contributed by atoms with E-state index in [9.17, 15) is 13.2 Å². The zero-order chi connectivity index (χ0) is 22.1. The van der Waals surface area contributed by atoms with E-state index >= 15 is 0 Å². The van der Waals surface area contributed by atoms with E-state index < -0.39 is 16.0 Å². The maximum Gasteiger partial charge on any atom is 0.306 e. The molecule has 0 saturated heterocycles. The Morgan fingerprint density at radius 2 is 2.10 bits per heavy atom. The summed E-state index contributed by atoms with van der Waals surface area (Å²) in [4.78, 5) is 18.1. The van der Waals surface area contributed by atoms with E-state index in [2.05, 4.69) is 25.3 Å². The highest BCUT2D eigenvalue weighted by atomic mass is 79.9. The SMILES string of the molecule is CCOc1cc(/C=C2/C(=N)N3C(SCC)=NSC3=NC2=O)cc(Br)c1OS(C)(=O)=O. The lowest BCUT2D eigenvalue weighted by molar-refractivity contribution is -0.114. The normalized spacial score (nSPS) is 17.7. The molecule has 1 amide bonds. The summed E-state index contributed by atoms with van der Waals surface area (Å²) in [5.41, 5.74) is 0.586. The number of nitrogens with one attached hydrogen (secondary N) is 1. The molecule has 2 heterocycles. The Bertz CT molecular complexity index is 1110. The molecule has 0 saturated carbocycles. The van der Waals surface area contributed by atoms with E-state index in [0.717, 1.165) is 24.0 Å². The monoisotopic (exact) mass is 532 g/mol. The molecule has 0 fully saturated rings. The van der Waals surface area contributed by atoms with Gasteiger partial charge < -0.3 is 8.92 Å². The zero-order valence-electron chi connectivity index (χ0n) is 16.1. The third-order valence-corrected chi connectivity index (χ3v) is 6.34. The van der Waals surface area contributed by atoms with Crippen LogP contribution < -0.4 is 8.92 Å². The van der Waals surface area contributed by atoms with Gasteiger partial charge in [-0.25, -0.2) is 4.90 Å². The summed E-state index contributed by atoms with van der Waals surface area (Å²) in [6, 6.07) is 3.11. The van der Waals surface area contributed by atoms with Gasteiger partial charge in [-0.1, -0.05) is 18.7 Å². The van der Waals surface area contributed by atoms with E-state index in [1.807, 2.05) is 6.92 Å². The van der Waals surface area contributed by atoms with E-state index in [0.29, 0.717) is 20.4 Å². The predicted molar refractivity (Wildman–Crippen MR) is 124 cm³/mol. The molecule has 0 aromatic heterocycles. The second kappa shape index (κ2) is 9.12. The summed E-state index contributed by atoms with van der Waals surface area (Å²) in [6.07, 6.45) is 2.43. The number of thioether (sulfide) groups is 1. The van der Waals surface area contributed by atoms with Gasteiger partial charge in [0.1, 0.15) is 5.84 Å². The first-order valence-electron chi connectivity index (χ1n) is 8.62. The number of aliphatic imine (C=N–C) groups is 1. The molecule has 1 N–H and O–H groups in total. The van der Waals surface area contributed by atoms with Crippen LogP contribution in [0, 0.1) is 5.41 Å². The van der Waals surface area contributed by atoms with E-state index in [1.54, 1.807) is 13.0 Å². The number of carbonyl (C=O) groups is 1. The molecule has 30 heavy (non-hydrogen) atoms. The fourth-order valence-corrected chi connectivity index (χ4v) is 5.25. The van der Waals surface area contributed by atoms with Crippen LogP contribution in [-0.2, 0) is 14.9 Å². The number of benzene rings is 1. The summed E-state index contributed by atoms with van der Waals surface area (Å²) in [6.45, 7) is 3.99. The van der Waals surface area contributed by atoms with E-state index in [4.69, 9.17) is 14.3 Å². The summed E-state index contributed by atoms with van der Waals surface area (Å²) >= 11 is 5.80. The standard InChI is InChI=1S/C17H17BrN4O5S3/c1-4-26-12-8-9(7-11(18)13(12)27-30(3,24)25)6-10-14(19)22-16(20-15(10)23)29-21-17(22)28-5-2/h6-8,19H,4-5H2,1-3H3/b10-6-,19-14?. The first-order valence-corrected chi connectivity index (χ1v) is 13.0. The molecule has 1 aromatic rings. The Kier molecular flexibility index (Phi) is 6.95. The lowest BCUT2D eigenvalue weighted by Gasteiger charge is -2.24. The molecule has 0 atom stereocenters. The predicted octanol–water partition coefficient (Wildman–Crippen LogP) is 3.52. The maximum absolute atomic E-state index is 12.5. The van der Waals surface area contributed by atoms with Crippen LogP contribution in [0.3, 0.4) is 0 Å². The van der Waals surface area contributed by atoms with Crippen LogP contribution in [0.4, 0.5) is 0 Å². The molecule has 0 unspecified atom stereocenters. The topological polar surface area (TPSA) is 121 Å². The fraction of sp³-hybridized carbons (Fsp3) is 0.294. The number of nitrogens with zero attached hydrogens (tertiary/aromatic N) is 3. The molecule has 160 valence electrons. The lowest BCUT2D eigenvalue weighted by atomic mass is 10.1. The van der Waals surface area contributed by atoms with Crippen LogP contribution in [0.15, 0.2) is 31.6 Å². The number of rotatable bonds is 6. The second-order valence-corrected chi connectivity index (χ2v) is 10.3. The van der Waals surface area contributed by atoms with Crippen molar-refractivity contribution < 1.29 is 22.1 Å². The highest BCUT2D eigenvalue weighted by molar-refractivity contribution is 9.10. The van der Waals surface area contributed by atoms with Crippen LogP contribution in [0.25, 0.3) is 6.08 Å². The smallest absolute Gasteiger partial charge is 0.306 e. The van der Waals surface area contributed by atoms with Gasteiger partial charge in [-0.05, 0) is 52.4 Å². The molecule has 0 aliphatic carbocycles. The van der Waals surface area contributed by atoms with Crippen molar-refractivity contribution in [3.05, 3.63) is 27.7 Å². The minimum atomic E-state index is -3.78. The first kappa shape index (κ1) is 22.8. The van der Waals surface area contributed by atoms with Gasteiger partial charge in [0.05, 0.1) is 34.9 Å². The minimum Gasteiger partial charge on any atom is -0.490 e. The van der Waals surface area contributed by atoms with Crippen molar-refractivity contribution >= 4 is 77.9 Å². The van der Waals surface area contributed by atoms with E-state index in [-0.39, 0.29) is 29.5 Å². The number of carbonyl (C=O) groups excluding carboxylic acids is 1. The van der Waals surface area contributed by atoms with Crippen LogP contribution in [0.1, 0.15) is 19.4 Å². The number of amides is 1. The molecule has 2 aliphatic rings. The minimum absolute atomic E-state index is 0.0107. The number of hydrogen-bond acceptors (Lipinski definition) is 9. The van der Waals surface area contributed by atoms with Crippen LogP contribution in [-0.4, -0.2) is 54.0 Å². The summed E-state index contributed by atoms with van der Waals surface area (Å²) in [5, 5.41) is 9.46. The molecule has 2 aliphatic heterocycles. The van der Waals surface area contributed by atoms with E-state index in [1.165, 1.54) is 28.8 Å². The van der Waals surface area contributed by atoms with Gasteiger partial charge in [0.25, 0.3) is 5.91 Å². The fourth-order valence-electron chi connectivity index (χ4n) is 2.56. The molecule has 3 rings (SSSR count). The number of hydrogen-bond donors (Lipinski definition) is 1. The van der Waals surface area contributed by atoms with Crippen molar-refractivity contribution in [1.29, 1.82) is 5.41 Å². The number of ether oxygens (including phenoxy) is 1. The van der Waals surface area contributed by atoms with Crippen molar-refractivity contribution in [2.45, 2.75) is 13.8 Å². The van der Waals surface area contributed by atoms with Crippen LogP contribution in [0.2, 0.25) is 0 Å². The average molecular weight is 533 g/mol. The van der Waals surface area contributed by atoms with Crippen molar-refractivity contribution in [2.24, 2.45) is 9.39 Å². The molecule has 13 heteroatoms. The summed E-state index contributed by atoms with van der Waals surface area (Å²) in [7, 11) is -3.78. The second-order valence-electron chi connectivity index (χ2n) is 5.89. The molecular formula is C17H17BrN4O5S3. The van der Waals surface area contributed by atoms with Crippen LogP contribution in [0.5, 0.6) is 11.5 Å². The third-order valence-electron chi connectivity index (χ3n) is 3.65. The zero-order valence-corrected chi connectivity index (χ0v) is 20.2. The van der Waals surface area contributed by atoms with Gasteiger partial charge in [0, 0.05) is 0 Å². The number of amidine groups is 3. The van der Waals surface area contributed by atoms with Gasteiger partial charge in [-0.3, -0.25) is 10.2 Å². The van der Waals surface area contributed by atoms with Crippen molar-refractivity contribution in [3.8, 4) is 11.5 Å². The lowest BCUT2D eigenvalue weighted by Crippen LogP contribution is -2.41. The van der Waals surface area contributed by atoms with Gasteiger partial charge in [0.2, 0.25) is 5.17 Å². The first-order chi connectivity index (χ1) is 14.1. The molecule has 0 spiro atoms. The van der Waals surface area contributed by atoms with Gasteiger partial charge in [0.15, 0.2) is 16.7 Å². The Balaban J connectivity index is 2.03. The Morgan fingerprint density at radius 3 is 2.73 bits per heavy atom. The summed E-state index contributed by atoms with van der Waals surface area (Å²) < 4.78 is 38.3.